The van der Waals surface area contributed by atoms with Crippen LogP contribution >= 0.6 is 11.6 Å². The first kappa shape index (κ1) is 15.8. The van der Waals surface area contributed by atoms with Gasteiger partial charge in [0.05, 0.1) is 10.7 Å². The van der Waals surface area contributed by atoms with Gasteiger partial charge in [0.1, 0.15) is 13.1 Å². The first-order chi connectivity index (χ1) is 10.9. The molecule has 0 spiro atoms. The molecule has 2 aliphatic rings. The van der Waals surface area contributed by atoms with Gasteiger partial charge >= 0.3 is 6.03 Å². The lowest BCUT2D eigenvalue weighted by Gasteiger charge is -2.17. The average molecular weight is 336 g/mol. The van der Waals surface area contributed by atoms with Crippen molar-refractivity contribution in [2.24, 2.45) is 0 Å². The number of imide groups is 1. The highest BCUT2D eigenvalue weighted by Crippen LogP contribution is 2.30. The maximum Gasteiger partial charge on any atom is 0.327 e. The summed E-state index contributed by atoms with van der Waals surface area (Å²) in [6, 6.07) is 3.45. The van der Waals surface area contributed by atoms with Crippen LogP contribution in [0.5, 0.6) is 0 Å². The molecule has 1 aromatic carbocycles. The molecule has 0 aromatic heterocycles. The van der Waals surface area contributed by atoms with Crippen LogP contribution in [0, 0.1) is 13.8 Å². The van der Waals surface area contributed by atoms with Crippen LogP contribution in [-0.4, -0.2) is 46.8 Å². The molecule has 0 radical (unpaired) electrons. The van der Waals surface area contributed by atoms with Gasteiger partial charge in [0.15, 0.2) is 0 Å². The number of rotatable bonds is 4. The van der Waals surface area contributed by atoms with E-state index in [1.54, 1.807) is 11.0 Å². The monoisotopic (exact) mass is 335 g/mol. The van der Waals surface area contributed by atoms with Crippen LogP contribution in [0.4, 0.5) is 10.5 Å². The van der Waals surface area contributed by atoms with E-state index in [1.807, 2.05) is 19.9 Å². The molecule has 122 valence electrons. The number of anilines is 1. The molecular weight excluding hydrogens is 318 g/mol. The zero-order chi connectivity index (χ0) is 16.7. The smallest absolute Gasteiger partial charge is 0.323 e. The van der Waals surface area contributed by atoms with Gasteiger partial charge in [-0.25, -0.2) is 4.79 Å². The molecule has 1 saturated heterocycles. The number of nitrogens with one attached hydrogen (secondary N) is 1. The van der Waals surface area contributed by atoms with Crippen LogP contribution < -0.4 is 5.32 Å². The zero-order valence-corrected chi connectivity index (χ0v) is 13.8. The number of aryl methyl sites for hydroxylation is 2. The molecule has 0 atom stereocenters. The van der Waals surface area contributed by atoms with E-state index in [9.17, 15) is 14.4 Å². The molecule has 1 aromatic rings. The van der Waals surface area contributed by atoms with Gasteiger partial charge in [0.2, 0.25) is 5.91 Å². The van der Waals surface area contributed by atoms with Gasteiger partial charge in [-0.05, 0) is 43.9 Å². The fraction of sp³-hybridized carbons (Fsp3) is 0.438. The van der Waals surface area contributed by atoms with Crippen molar-refractivity contribution in [1.82, 2.24) is 9.80 Å². The summed E-state index contributed by atoms with van der Waals surface area (Å²) in [7, 11) is 0. The van der Waals surface area contributed by atoms with E-state index in [4.69, 9.17) is 11.6 Å². The van der Waals surface area contributed by atoms with Gasteiger partial charge in [-0.1, -0.05) is 17.7 Å². The normalized spacial score (nSPS) is 17.9. The summed E-state index contributed by atoms with van der Waals surface area (Å²) in [5.41, 5.74) is 2.35. The van der Waals surface area contributed by atoms with Crippen molar-refractivity contribution in [3.63, 3.8) is 0 Å². The van der Waals surface area contributed by atoms with E-state index in [0.29, 0.717) is 10.7 Å². The molecule has 23 heavy (non-hydrogen) atoms. The van der Waals surface area contributed by atoms with Crippen molar-refractivity contribution in [3.05, 3.63) is 28.3 Å². The van der Waals surface area contributed by atoms with Crippen molar-refractivity contribution in [2.75, 3.05) is 18.4 Å². The molecule has 1 aliphatic carbocycles. The number of benzene rings is 1. The van der Waals surface area contributed by atoms with Crippen LogP contribution in [0.25, 0.3) is 0 Å². The van der Waals surface area contributed by atoms with Crippen molar-refractivity contribution >= 4 is 35.1 Å². The predicted octanol–water partition coefficient (Wildman–Crippen LogP) is 2.32. The lowest BCUT2D eigenvalue weighted by Crippen LogP contribution is -2.39. The molecule has 4 amide bonds. The Morgan fingerprint density at radius 1 is 1.30 bits per heavy atom. The fourth-order valence-electron chi connectivity index (χ4n) is 2.78. The van der Waals surface area contributed by atoms with Gasteiger partial charge in [0, 0.05) is 6.04 Å². The summed E-state index contributed by atoms with van der Waals surface area (Å²) < 4.78 is 0. The van der Waals surface area contributed by atoms with Gasteiger partial charge in [-0.2, -0.15) is 0 Å². The molecule has 7 heteroatoms. The minimum absolute atomic E-state index is 0.0705. The fourth-order valence-corrected chi connectivity index (χ4v) is 3.15. The summed E-state index contributed by atoms with van der Waals surface area (Å²) in [4.78, 5) is 38.9. The highest BCUT2D eigenvalue weighted by Gasteiger charge is 2.44. The second-order valence-corrected chi connectivity index (χ2v) is 6.52. The first-order valence-electron chi connectivity index (χ1n) is 7.54. The first-order valence-corrected chi connectivity index (χ1v) is 7.92. The van der Waals surface area contributed by atoms with Crippen molar-refractivity contribution < 1.29 is 14.4 Å². The second kappa shape index (κ2) is 5.85. The molecule has 2 fully saturated rings. The van der Waals surface area contributed by atoms with Gasteiger partial charge in [-0.3, -0.25) is 14.5 Å². The highest BCUT2D eigenvalue weighted by molar-refractivity contribution is 6.34. The van der Waals surface area contributed by atoms with Crippen molar-refractivity contribution in [2.45, 2.75) is 32.7 Å². The Kier molecular flexibility index (Phi) is 4.02. The number of hydrogen-bond acceptors (Lipinski definition) is 3. The van der Waals surface area contributed by atoms with Gasteiger partial charge in [0.25, 0.3) is 5.91 Å². The maximum absolute atomic E-state index is 12.2. The summed E-state index contributed by atoms with van der Waals surface area (Å²) in [5.74, 6) is -0.762. The molecular formula is C16H18ClN3O3. The molecule has 1 saturated carbocycles. The quantitative estimate of drug-likeness (QED) is 0.858. The van der Waals surface area contributed by atoms with E-state index in [0.717, 1.165) is 28.9 Å². The third-order valence-corrected chi connectivity index (χ3v) is 4.37. The van der Waals surface area contributed by atoms with E-state index in [1.165, 1.54) is 0 Å². The minimum Gasteiger partial charge on any atom is -0.323 e. The lowest BCUT2D eigenvalue weighted by atomic mass is 10.1. The Bertz CT molecular complexity index is 677. The molecule has 6 nitrogen and oxygen atoms in total. The maximum atomic E-state index is 12.2. The van der Waals surface area contributed by atoms with E-state index in [-0.39, 0.29) is 31.1 Å². The van der Waals surface area contributed by atoms with E-state index >= 15 is 0 Å². The Hall–Kier alpha value is -2.08. The zero-order valence-electron chi connectivity index (χ0n) is 13.1. The number of halogens is 1. The molecule has 1 N–H and O–H groups in total. The third kappa shape index (κ3) is 3.17. The molecule has 0 bridgehead atoms. The van der Waals surface area contributed by atoms with Crippen LogP contribution in [-0.2, 0) is 9.59 Å². The molecule has 1 aliphatic heterocycles. The Balaban J connectivity index is 1.68. The summed E-state index contributed by atoms with van der Waals surface area (Å²) in [5, 5.41) is 3.14. The molecule has 0 unspecified atom stereocenters. The summed E-state index contributed by atoms with van der Waals surface area (Å²) >= 11 is 6.16. The number of carbonyl (C=O) groups excluding carboxylic acids is 3. The Morgan fingerprint density at radius 3 is 2.61 bits per heavy atom. The average Bonchev–Trinajstić information content (AvgIpc) is 3.25. The van der Waals surface area contributed by atoms with Crippen LogP contribution in [0.1, 0.15) is 24.0 Å². The Morgan fingerprint density at radius 2 is 2.00 bits per heavy atom. The third-order valence-electron chi connectivity index (χ3n) is 4.07. The predicted molar refractivity (Wildman–Crippen MR) is 86.4 cm³/mol. The SMILES string of the molecule is Cc1cc(C)c(NC(=O)CN2C(=O)CN(C3CC3)C2=O)c(Cl)c1. The van der Waals surface area contributed by atoms with Crippen LogP contribution in [0.3, 0.4) is 0 Å². The number of amides is 4. The Labute approximate surface area is 139 Å². The largest absolute Gasteiger partial charge is 0.327 e. The molecule has 1 heterocycles. The molecule has 3 rings (SSSR count). The van der Waals surface area contributed by atoms with Gasteiger partial charge < -0.3 is 10.2 Å². The number of urea groups is 1. The van der Waals surface area contributed by atoms with Gasteiger partial charge in [-0.15, -0.1) is 0 Å². The van der Waals surface area contributed by atoms with Crippen LogP contribution in [0.2, 0.25) is 5.02 Å². The second-order valence-electron chi connectivity index (χ2n) is 6.11. The van der Waals surface area contributed by atoms with Crippen molar-refractivity contribution in [1.29, 1.82) is 0 Å². The van der Waals surface area contributed by atoms with Crippen LogP contribution in [0.15, 0.2) is 12.1 Å². The lowest BCUT2D eigenvalue weighted by molar-refractivity contribution is -0.129. The topological polar surface area (TPSA) is 69.7 Å². The van der Waals surface area contributed by atoms with E-state index < -0.39 is 5.91 Å². The minimum atomic E-state index is -0.432. The van der Waals surface area contributed by atoms with E-state index in [2.05, 4.69) is 5.32 Å². The van der Waals surface area contributed by atoms with Crippen molar-refractivity contribution in [3.8, 4) is 0 Å². The summed E-state index contributed by atoms with van der Waals surface area (Å²) in [6.45, 7) is 3.54. The highest BCUT2D eigenvalue weighted by atomic mass is 35.5. The number of hydrogen-bond donors (Lipinski definition) is 1. The standard InChI is InChI=1S/C16H18ClN3O3/c1-9-5-10(2)15(12(17)6-9)18-13(21)7-20-14(22)8-19(16(20)23)11-3-4-11/h5-6,11H,3-4,7-8H2,1-2H3,(H,18,21). The number of carbonyl (C=O) groups is 3. The summed E-state index contributed by atoms with van der Waals surface area (Å²) in [6.07, 6.45) is 1.86. The number of nitrogens with zero attached hydrogens (tertiary/aromatic N) is 2.